The molecule has 21 heavy (non-hydrogen) atoms. The van der Waals surface area contributed by atoms with Crippen LogP contribution in [0.4, 0.5) is 4.39 Å². The second-order valence-electron chi connectivity index (χ2n) is 4.32. The van der Waals surface area contributed by atoms with Gasteiger partial charge < -0.3 is 19.3 Å². The monoisotopic (exact) mass is 296 g/mol. The number of hydrogen-bond acceptors (Lipinski definition) is 4. The third-order valence-electron chi connectivity index (χ3n) is 2.55. The highest BCUT2D eigenvalue weighted by molar-refractivity contribution is 5.37. The van der Waals surface area contributed by atoms with Crippen molar-refractivity contribution in [2.45, 2.75) is 13.0 Å². The molecule has 1 rings (SSSR count). The molecule has 0 bridgehead atoms. The summed E-state index contributed by atoms with van der Waals surface area (Å²) >= 11 is 0. The summed E-state index contributed by atoms with van der Waals surface area (Å²) in [5, 5.41) is 8.63. The Morgan fingerprint density at radius 1 is 1.10 bits per heavy atom. The first-order valence-corrected chi connectivity index (χ1v) is 6.80. The fourth-order valence-corrected chi connectivity index (χ4v) is 1.64. The predicted octanol–water partition coefficient (Wildman–Crippen LogP) is 1.74. The van der Waals surface area contributed by atoms with Crippen LogP contribution in [-0.2, 0) is 20.8 Å². The highest BCUT2D eigenvalue weighted by Gasteiger charge is 2.00. The van der Waals surface area contributed by atoms with Gasteiger partial charge in [0.05, 0.1) is 19.8 Å². The quantitative estimate of drug-likeness (QED) is 0.557. The van der Waals surface area contributed by atoms with Gasteiger partial charge in [0.1, 0.15) is 12.4 Å². The van der Waals surface area contributed by atoms with Crippen LogP contribution in [0.2, 0.25) is 0 Å². The van der Waals surface area contributed by atoms with Crippen molar-refractivity contribution in [2.24, 2.45) is 0 Å². The molecular formula is C16H21FO4. The van der Waals surface area contributed by atoms with Gasteiger partial charge in [0.25, 0.3) is 0 Å². The standard InChI is InChI=1S/C16H21FO4/c1-19-8-9-20-6-3-7-21-13-15-10-14(4-2-5-18)11-16(17)12-15/h10-12,18H,3,5-9,13H2,1H3. The molecule has 0 unspecified atom stereocenters. The van der Waals surface area contributed by atoms with Crippen LogP contribution in [-0.4, -0.2) is 45.3 Å². The summed E-state index contributed by atoms with van der Waals surface area (Å²) in [6.45, 7) is 2.39. The van der Waals surface area contributed by atoms with Crippen molar-refractivity contribution in [1.82, 2.24) is 0 Å². The third kappa shape index (κ3) is 8.43. The molecule has 0 aliphatic rings. The van der Waals surface area contributed by atoms with E-state index in [9.17, 15) is 4.39 Å². The van der Waals surface area contributed by atoms with Gasteiger partial charge in [-0.15, -0.1) is 0 Å². The van der Waals surface area contributed by atoms with Gasteiger partial charge in [0, 0.05) is 25.9 Å². The van der Waals surface area contributed by atoms with Crippen molar-refractivity contribution in [3.8, 4) is 11.8 Å². The van der Waals surface area contributed by atoms with Gasteiger partial charge in [-0.2, -0.15) is 0 Å². The molecule has 0 heterocycles. The molecular weight excluding hydrogens is 275 g/mol. The summed E-state index contributed by atoms with van der Waals surface area (Å²) in [7, 11) is 1.63. The molecule has 0 radical (unpaired) electrons. The van der Waals surface area contributed by atoms with Crippen LogP contribution in [0.5, 0.6) is 0 Å². The molecule has 0 atom stereocenters. The van der Waals surface area contributed by atoms with Gasteiger partial charge in [-0.1, -0.05) is 11.8 Å². The van der Waals surface area contributed by atoms with E-state index in [0.29, 0.717) is 38.6 Å². The van der Waals surface area contributed by atoms with Crippen LogP contribution in [0, 0.1) is 17.7 Å². The third-order valence-corrected chi connectivity index (χ3v) is 2.55. The lowest BCUT2D eigenvalue weighted by Crippen LogP contribution is -2.05. The van der Waals surface area contributed by atoms with E-state index in [4.69, 9.17) is 19.3 Å². The molecule has 0 saturated carbocycles. The number of ether oxygens (including phenoxy) is 3. The van der Waals surface area contributed by atoms with Crippen LogP contribution < -0.4 is 0 Å². The van der Waals surface area contributed by atoms with Crippen LogP contribution in [0.15, 0.2) is 18.2 Å². The Morgan fingerprint density at radius 3 is 2.67 bits per heavy atom. The Labute approximate surface area is 124 Å². The molecule has 0 aliphatic heterocycles. The van der Waals surface area contributed by atoms with Gasteiger partial charge >= 0.3 is 0 Å². The minimum Gasteiger partial charge on any atom is -0.384 e. The zero-order chi connectivity index (χ0) is 15.3. The van der Waals surface area contributed by atoms with E-state index in [1.807, 2.05) is 0 Å². The Morgan fingerprint density at radius 2 is 1.90 bits per heavy atom. The first-order valence-electron chi connectivity index (χ1n) is 6.80. The molecule has 116 valence electrons. The highest BCUT2D eigenvalue weighted by Crippen LogP contribution is 2.10. The van der Waals surface area contributed by atoms with Gasteiger partial charge in [-0.25, -0.2) is 4.39 Å². The predicted molar refractivity (Wildman–Crippen MR) is 77.3 cm³/mol. The van der Waals surface area contributed by atoms with Gasteiger partial charge in [-0.05, 0) is 30.2 Å². The Balaban J connectivity index is 2.27. The Hall–Kier alpha value is -1.45. The second kappa shape index (κ2) is 11.2. The smallest absolute Gasteiger partial charge is 0.124 e. The average Bonchev–Trinajstić information content (AvgIpc) is 2.47. The van der Waals surface area contributed by atoms with E-state index < -0.39 is 0 Å². The molecule has 0 amide bonds. The molecule has 1 aromatic rings. The van der Waals surface area contributed by atoms with E-state index in [0.717, 1.165) is 12.0 Å². The first kappa shape index (κ1) is 17.6. The largest absolute Gasteiger partial charge is 0.384 e. The van der Waals surface area contributed by atoms with Crippen LogP contribution in [0.1, 0.15) is 17.5 Å². The summed E-state index contributed by atoms with van der Waals surface area (Å²) in [5.74, 6) is 4.81. The van der Waals surface area contributed by atoms with E-state index in [1.54, 1.807) is 13.2 Å². The number of halogens is 1. The first-order chi connectivity index (χ1) is 10.3. The molecule has 1 N–H and O–H groups in total. The van der Waals surface area contributed by atoms with Crippen molar-refractivity contribution in [3.05, 3.63) is 35.1 Å². The van der Waals surface area contributed by atoms with E-state index in [-0.39, 0.29) is 12.4 Å². The summed E-state index contributed by atoms with van der Waals surface area (Å²) < 4.78 is 29.0. The van der Waals surface area contributed by atoms with Crippen molar-refractivity contribution in [2.75, 3.05) is 40.1 Å². The number of aliphatic hydroxyl groups is 1. The van der Waals surface area contributed by atoms with E-state index in [1.165, 1.54) is 12.1 Å². The van der Waals surface area contributed by atoms with Crippen molar-refractivity contribution in [3.63, 3.8) is 0 Å². The molecule has 1 aromatic carbocycles. The SMILES string of the molecule is COCCOCCCOCc1cc(F)cc(C#CCO)c1. The molecule has 0 aromatic heterocycles. The van der Waals surface area contributed by atoms with Crippen molar-refractivity contribution in [1.29, 1.82) is 0 Å². The fourth-order valence-electron chi connectivity index (χ4n) is 1.64. The van der Waals surface area contributed by atoms with Crippen LogP contribution in [0.25, 0.3) is 0 Å². The summed E-state index contributed by atoms with van der Waals surface area (Å²) in [6, 6.07) is 4.50. The molecule has 0 spiro atoms. The second-order valence-corrected chi connectivity index (χ2v) is 4.32. The average molecular weight is 296 g/mol. The summed E-state index contributed by atoms with van der Waals surface area (Å²) in [4.78, 5) is 0. The normalized spacial score (nSPS) is 10.2. The topological polar surface area (TPSA) is 47.9 Å². The molecule has 0 aliphatic carbocycles. The number of hydrogen-bond donors (Lipinski definition) is 1. The van der Waals surface area contributed by atoms with Crippen molar-refractivity contribution >= 4 is 0 Å². The zero-order valence-corrected chi connectivity index (χ0v) is 12.2. The van der Waals surface area contributed by atoms with Gasteiger partial charge in [0.15, 0.2) is 0 Å². The lowest BCUT2D eigenvalue weighted by atomic mass is 10.1. The lowest BCUT2D eigenvalue weighted by molar-refractivity contribution is 0.0483. The highest BCUT2D eigenvalue weighted by atomic mass is 19.1. The molecule has 4 nitrogen and oxygen atoms in total. The maximum atomic E-state index is 13.4. The molecule has 5 heteroatoms. The minimum atomic E-state index is -0.360. The van der Waals surface area contributed by atoms with E-state index in [2.05, 4.69) is 11.8 Å². The Bertz CT molecular complexity index is 465. The Kier molecular flexibility index (Phi) is 9.42. The number of benzene rings is 1. The summed E-state index contributed by atoms with van der Waals surface area (Å²) in [5.41, 5.74) is 1.25. The lowest BCUT2D eigenvalue weighted by Gasteiger charge is -2.06. The van der Waals surface area contributed by atoms with Gasteiger partial charge in [0.2, 0.25) is 0 Å². The number of rotatable bonds is 9. The van der Waals surface area contributed by atoms with Crippen LogP contribution in [0.3, 0.4) is 0 Å². The maximum absolute atomic E-state index is 13.4. The minimum absolute atomic E-state index is 0.245. The zero-order valence-electron chi connectivity index (χ0n) is 12.2. The number of methoxy groups -OCH3 is 1. The van der Waals surface area contributed by atoms with Crippen LogP contribution >= 0.6 is 0 Å². The molecule has 0 fully saturated rings. The molecule has 0 saturated heterocycles. The number of aliphatic hydroxyl groups excluding tert-OH is 1. The summed E-state index contributed by atoms with van der Waals surface area (Å²) in [6.07, 6.45) is 0.774. The van der Waals surface area contributed by atoms with Crippen molar-refractivity contribution < 1.29 is 23.7 Å². The maximum Gasteiger partial charge on any atom is 0.124 e. The van der Waals surface area contributed by atoms with Gasteiger partial charge in [-0.3, -0.25) is 0 Å². The van der Waals surface area contributed by atoms with E-state index >= 15 is 0 Å². The fraction of sp³-hybridized carbons (Fsp3) is 0.500.